The Kier molecular flexibility index (Phi) is 5.06. The van der Waals surface area contributed by atoms with Gasteiger partial charge in [-0.15, -0.1) is 0 Å². The lowest BCUT2D eigenvalue weighted by Crippen LogP contribution is -2.44. The van der Waals surface area contributed by atoms with E-state index in [1.165, 1.54) is 6.42 Å². The number of hydrogen-bond donors (Lipinski definition) is 3. The molecule has 0 aliphatic heterocycles. The molecular weight excluding hydrogens is 288 g/mol. The van der Waals surface area contributed by atoms with Crippen LogP contribution in [-0.4, -0.2) is 24.7 Å². The quantitative estimate of drug-likeness (QED) is 0.769. The Hall–Kier alpha value is -0.920. The Morgan fingerprint density at radius 3 is 2.67 bits per heavy atom. The summed E-state index contributed by atoms with van der Waals surface area (Å²) in [6, 6.07) is 0.00340. The van der Waals surface area contributed by atoms with Gasteiger partial charge < -0.3 is 5.73 Å². The molecule has 2 unspecified atom stereocenters. The summed E-state index contributed by atoms with van der Waals surface area (Å²) < 4.78 is 28.3. The smallest absolute Gasteiger partial charge is 0.244 e. The zero-order valence-electron chi connectivity index (χ0n) is 13.0. The predicted octanol–water partition coefficient (Wildman–Crippen LogP) is 1.67. The van der Waals surface area contributed by atoms with Gasteiger partial charge in [0.05, 0.1) is 11.4 Å². The normalized spacial score (nSPS) is 23.7. The summed E-state index contributed by atoms with van der Waals surface area (Å²) in [7, 11) is -3.58. The van der Waals surface area contributed by atoms with Crippen molar-refractivity contribution in [3.05, 3.63) is 11.4 Å². The van der Waals surface area contributed by atoms with Crippen LogP contribution in [0.4, 0.5) is 0 Å². The van der Waals surface area contributed by atoms with Gasteiger partial charge in [-0.2, -0.15) is 5.10 Å². The molecule has 1 saturated carbocycles. The molecule has 120 valence electrons. The second-order valence-electron chi connectivity index (χ2n) is 6.25. The molecule has 0 amide bonds. The van der Waals surface area contributed by atoms with Crippen LogP contribution in [0.3, 0.4) is 0 Å². The third-order valence-corrected chi connectivity index (χ3v) is 6.10. The molecule has 0 aromatic carbocycles. The number of nitrogens with two attached hydrogens (primary N) is 1. The summed E-state index contributed by atoms with van der Waals surface area (Å²) in [6.45, 7) is 6.14. The minimum atomic E-state index is -3.58. The van der Waals surface area contributed by atoms with E-state index in [-0.39, 0.29) is 17.5 Å². The number of nitrogens with one attached hydrogen (secondary N) is 2. The molecule has 1 aromatic rings. The van der Waals surface area contributed by atoms with E-state index in [0.717, 1.165) is 19.3 Å². The third kappa shape index (κ3) is 3.46. The molecule has 0 saturated heterocycles. The SMILES string of the molecule is Cc1[nH]nc(CN)c1S(=O)(=O)NC1CCCCC1C(C)C. The predicted molar refractivity (Wildman–Crippen MR) is 82.1 cm³/mol. The van der Waals surface area contributed by atoms with E-state index < -0.39 is 10.0 Å². The summed E-state index contributed by atoms with van der Waals surface area (Å²) in [6.07, 6.45) is 4.24. The number of aromatic amines is 1. The van der Waals surface area contributed by atoms with Gasteiger partial charge in [-0.3, -0.25) is 5.10 Å². The van der Waals surface area contributed by atoms with Crippen LogP contribution >= 0.6 is 0 Å². The highest BCUT2D eigenvalue weighted by Crippen LogP contribution is 2.31. The molecule has 7 heteroatoms. The van der Waals surface area contributed by atoms with Crippen molar-refractivity contribution in [2.75, 3.05) is 0 Å². The van der Waals surface area contributed by atoms with Crippen molar-refractivity contribution >= 4 is 10.0 Å². The number of aromatic nitrogens is 2. The second kappa shape index (κ2) is 6.46. The fraction of sp³-hybridized carbons (Fsp3) is 0.786. The molecule has 0 spiro atoms. The summed E-state index contributed by atoms with van der Waals surface area (Å²) in [5.41, 5.74) is 6.54. The van der Waals surface area contributed by atoms with Crippen LogP contribution in [0.5, 0.6) is 0 Å². The zero-order chi connectivity index (χ0) is 15.6. The summed E-state index contributed by atoms with van der Waals surface area (Å²) in [4.78, 5) is 0.220. The zero-order valence-corrected chi connectivity index (χ0v) is 13.8. The maximum Gasteiger partial charge on any atom is 0.244 e. The summed E-state index contributed by atoms with van der Waals surface area (Å²) >= 11 is 0. The fourth-order valence-electron chi connectivity index (χ4n) is 3.33. The van der Waals surface area contributed by atoms with Crippen molar-refractivity contribution in [1.29, 1.82) is 0 Å². The Morgan fingerprint density at radius 2 is 2.05 bits per heavy atom. The molecule has 21 heavy (non-hydrogen) atoms. The number of aryl methyl sites for hydroxylation is 1. The van der Waals surface area contributed by atoms with Crippen LogP contribution in [0, 0.1) is 18.8 Å². The molecule has 0 radical (unpaired) electrons. The van der Waals surface area contributed by atoms with Crippen LogP contribution in [0.25, 0.3) is 0 Å². The molecule has 4 N–H and O–H groups in total. The number of rotatable bonds is 5. The Bertz CT molecular complexity index is 580. The van der Waals surface area contributed by atoms with Crippen LogP contribution in [0.1, 0.15) is 50.9 Å². The molecular formula is C14H26N4O2S. The van der Waals surface area contributed by atoms with Gasteiger partial charge in [0.1, 0.15) is 4.90 Å². The molecule has 2 rings (SSSR count). The lowest BCUT2D eigenvalue weighted by Gasteiger charge is -2.34. The highest BCUT2D eigenvalue weighted by molar-refractivity contribution is 7.89. The Balaban J connectivity index is 2.26. The lowest BCUT2D eigenvalue weighted by molar-refractivity contribution is 0.226. The Labute approximate surface area is 126 Å². The first-order chi connectivity index (χ1) is 9.86. The van der Waals surface area contributed by atoms with E-state index in [1.54, 1.807) is 6.92 Å². The van der Waals surface area contributed by atoms with Gasteiger partial charge in [0.25, 0.3) is 0 Å². The average molecular weight is 314 g/mol. The first kappa shape index (κ1) is 16.5. The molecule has 1 fully saturated rings. The summed E-state index contributed by atoms with van der Waals surface area (Å²) in [5.74, 6) is 0.861. The number of nitrogens with zero attached hydrogens (tertiary/aromatic N) is 1. The molecule has 2 atom stereocenters. The van der Waals surface area contributed by atoms with Crippen molar-refractivity contribution in [3.63, 3.8) is 0 Å². The van der Waals surface area contributed by atoms with E-state index in [1.807, 2.05) is 0 Å². The number of hydrogen-bond acceptors (Lipinski definition) is 4. The van der Waals surface area contributed by atoms with Gasteiger partial charge >= 0.3 is 0 Å². The highest BCUT2D eigenvalue weighted by Gasteiger charge is 2.33. The topological polar surface area (TPSA) is 101 Å². The highest BCUT2D eigenvalue weighted by atomic mass is 32.2. The van der Waals surface area contributed by atoms with Crippen molar-refractivity contribution < 1.29 is 8.42 Å². The number of sulfonamides is 1. The maximum atomic E-state index is 12.7. The molecule has 1 aromatic heterocycles. The lowest BCUT2D eigenvalue weighted by atomic mass is 9.78. The van der Waals surface area contributed by atoms with Gasteiger partial charge in [-0.05, 0) is 31.6 Å². The monoisotopic (exact) mass is 314 g/mol. The first-order valence-electron chi connectivity index (χ1n) is 7.63. The molecule has 1 aliphatic carbocycles. The van der Waals surface area contributed by atoms with Crippen molar-refractivity contribution in [1.82, 2.24) is 14.9 Å². The van der Waals surface area contributed by atoms with Crippen molar-refractivity contribution in [2.24, 2.45) is 17.6 Å². The van der Waals surface area contributed by atoms with Crippen LogP contribution in [-0.2, 0) is 16.6 Å². The van der Waals surface area contributed by atoms with E-state index in [0.29, 0.717) is 23.2 Å². The van der Waals surface area contributed by atoms with Gasteiger partial charge in [0.2, 0.25) is 10.0 Å². The van der Waals surface area contributed by atoms with E-state index in [9.17, 15) is 8.42 Å². The largest absolute Gasteiger partial charge is 0.325 e. The first-order valence-corrected chi connectivity index (χ1v) is 9.11. The van der Waals surface area contributed by atoms with Crippen LogP contribution < -0.4 is 10.5 Å². The van der Waals surface area contributed by atoms with E-state index in [4.69, 9.17) is 5.73 Å². The van der Waals surface area contributed by atoms with Crippen molar-refractivity contribution in [3.8, 4) is 0 Å². The summed E-state index contributed by atoms with van der Waals surface area (Å²) in [5, 5.41) is 6.69. The molecule has 1 heterocycles. The minimum Gasteiger partial charge on any atom is -0.325 e. The maximum absolute atomic E-state index is 12.7. The number of H-pyrrole nitrogens is 1. The average Bonchev–Trinajstić information content (AvgIpc) is 2.80. The Morgan fingerprint density at radius 1 is 1.38 bits per heavy atom. The minimum absolute atomic E-state index is 0.00340. The van der Waals surface area contributed by atoms with E-state index in [2.05, 4.69) is 28.8 Å². The van der Waals surface area contributed by atoms with Crippen LogP contribution in [0.15, 0.2) is 4.90 Å². The van der Waals surface area contributed by atoms with Crippen LogP contribution in [0.2, 0.25) is 0 Å². The molecule has 1 aliphatic rings. The standard InChI is InChI=1S/C14H26N4O2S/c1-9(2)11-6-4-5-7-12(11)18-21(19,20)14-10(3)16-17-13(14)8-15/h9,11-12,18H,4-8,15H2,1-3H3,(H,16,17). The van der Waals surface area contributed by atoms with Gasteiger partial charge in [-0.25, -0.2) is 13.1 Å². The van der Waals surface area contributed by atoms with Crippen molar-refractivity contribution in [2.45, 2.75) is 63.9 Å². The third-order valence-electron chi connectivity index (χ3n) is 4.41. The van der Waals surface area contributed by atoms with Gasteiger partial charge in [0.15, 0.2) is 0 Å². The van der Waals surface area contributed by atoms with Gasteiger partial charge in [0, 0.05) is 12.6 Å². The van der Waals surface area contributed by atoms with E-state index >= 15 is 0 Å². The fourth-order valence-corrected chi connectivity index (χ4v) is 5.02. The van der Waals surface area contributed by atoms with Gasteiger partial charge in [-0.1, -0.05) is 26.7 Å². The molecule has 0 bridgehead atoms. The molecule has 6 nitrogen and oxygen atoms in total. The second-order valence-corrected chi connectivity index (χ2v) is 7.90.